The predicted octanol–water partition coefficient (Wildman–Crippen LogP) is 2.62. The number of halogens is 1. The molecule has 0 unspecified atom stereocenters. The van der Waals surface area contributed by atoms with Crippen molar-refractivity contribution in [2.24, 2.45) is 0 Å². The van der Waals surface area contributed by atoms with E-state index in [-0.39, 0.29) is 14.9 Å². The third-order valence-electron chi connectivity index (χ3n) is 2.54. The zero-order valence-electron chi connectivity index (χ0n) is 10.5. The number of benzene rings is 1. The fourth-order valence-electron chi connectivity index (χ4n) is 1.51. The number of aromatic carboxylic acids is 1. The first-order chi connectivity index (χ1) is 8.88. The van der Waals surface area contributed by atoms with E-state index in [4.69, 9.17) is 5.11 Å². The largest absolute Gasteiger partial charge is 0.478 e. The molecule has 0 fully saturated rings. The molecule has 0 aliphatic heterocycles. The molecular formula is C12H16BrNO4S. The predicted molar refractivity (Wildman–Crippen MR) is 75.8 cm³/mol. The van der Waals surface area contributed by atoms with Crippen molar-refractivity contribution >= 4 is 31.9 Å². The molecule has 2 N–H and O–H groups in total. The molecule has 7 heteroatoms. The molecule has 1 aromatic carbocycles. The summed E-state index contributed by atoms with van der Waals surface area (Å²) in [6.07, 6.45) is 2.75. The Morgan fingerprint density at radius 2 is 2.05 bits per heavy atom. The minimum absolute atomic E-state index is 0.0387. The zero-order valence-corrected chi connectivity index (χ0v) is 12.9. The SMILES string of the molecule is CCCCCNS(=O)(=O)c1ccc(C(=O)O)cc1Br. The molecule has 106 valence electrons. The van der Waals surface area contributed by atoms with Crippen LogP contribution in [0.3, 0.4) is 0 Å². The maximum Gasteiger partial charge on any atom is 0.335 e. The van der Waals surface area contributed by atoms with E-state index in [9.17, 15) is 13.2 Å². The Labute approximate surface area is 121 Å². The van der Waals surface area contributed by atoms with Crippen LogP contribution in [0.2, 0.25) is 0 Å². The second-order valence-electron chi connectivity index (χ2n) is 4.06. The molecule has 5 nitrogen and oxygen atoms in total. The number of unbranched alkanes of at least 4 members (excludes halogenated alkanes) is 2. The number of hydrogen-bond donors (Lipinski definition) is 2. The lowest BCUT2D eigenvalue weighted by molar-refractivity contribution is 0.0696. The average molecular weight is 350 g/mol. The van der Waals surface area contributed by atoms with Gasteiger partial charge in [-0.3, -0.25) is 0 Å². The maximum atomic E-state index is 12.0. The van der Waals surface area contributed by atoms with Crippen molar-refractivity contribution in [3.63, 3.8) is 0 Å². The van der Waals surface area contributed by atoms with Gasteiger partial charge in [0, 0.05) is 11.0 Å². The van der Waals surface area contributed by atoms with Crippen LogP contribution in [-0.2, 0) is 10.0 Å². The van der Waals surface area contributed by atoms with E-state index < -0.39 is 16.0 Å². The number of rotatable bonds is 7. The van der Waals surface area contributed by atoms with Gasteiger partial charge in [-0.15, -0.1) is 0 Å². The lowest BCUT2D eigenvalue weighted by atomic mass is 10.2. The lowest BCUT2D eigenvalue weighted by Gasteiger charge is -2.08. The molecule has 0 amide bonds. The van der Waals surface area contributed by atoms with Crippen LogP contribution in [0.5, 0.6) is 0 Å². The van der Waals surface area contributed by atoms with Crippen molar-refractivity contribution in [1.82, 2.24) is 4.72 Å². The van der Waals surface area contributed by atoms with Crippen molar-refractivity contribution in [3.05, 3.63) is 28.2 Å². The van der Waals surface area contributed by atoms with E-state index >= 15 is 0 Å². The van der Waals surface area contributed by atoms with Crippen LogP contribution in [0, 0.1) is 0 Å². The number of carboxylic acids is 1. The van der Waals surface area contributed by atoms with Crippen molar-refractivity contribution in [1.29, 1.82) is 0 Å². The first-order valence-corrected chi connectivity index (χ1v) is 8.18. The van der Waals surface area contributed by atoms with Crippen molar-refractivity contribution in [2.45, 2.75) is 31.1 Å². The third kappa shape index (κ3) is 4.59. The lowest BCUT2D eigenvalue weighted by Crippen LogP contribution is -2.25. The van der Waals surface area contributed by atoms with Gasteiger partial charge in [0.2, 0.25) is 10.0 Å². The van der Waals surface area contributed by atoms with Gasteiger partial charge in [-0.2, -0.15) is 0 Å². The summed E-state index contributed by atoms with van der Waals surface area (Å²) < 4.78 is 26.8. The third-order valence-corrected chi connectivity index (χ3v) is 4.98. The minimum Gasteiger partial charge on any atom is -0.478 e. The van der Waals surface area contributed by atoms with Gasteiger partial charge in [0.1, 0.15) is 0 Å². The Morgan fingerprint density at radius 1 is 1.37 bits per heavy atom. The number of nitrogens with one attached hydrogen (secondary N) is 1. The molecule has 0 saturated heterocycles. The van der Waals surface area contributed by atoms with E-state index in [0.717, 1.165) is 19.3 Å². The Hall–Kier alpha value is -0.920. The Bertz CT molecular complexity index is 557. The molecule has 1 aromatic rings. The minimum atomic E-state index is -3.60. The van der Waals surface area contributed by atoms with Gasteiger partial charge in [-0.05, 0) is 40.5 Å². The maximum absolute atomic E-state index is 12.0. The van der Waals surface area contributed by atoms with Crippen molar-refractivity contribution in [2.75, 3.05) is 6.54 Å². The van der Waals surface area contributed by atoms with Crippen molar-refractivity contribution in [3.8, 4) is 0 Å². The second-order valence-corrected chi connectivity index (χ2v) is 6.64. The molecule has 0 saturated carbocycles. The molecule has 0 spiro atoms. The monoisotopic (exact) mass is 349 g/mol. The number of sulfonamides is 1. The molecule has 19 heavy (non-hydrogen) atoms. The van der Waals surface area contributed by atoms with Crippen LogP contribution in [0.15, 0.2) is 27.6 Å². The van der Waals surface area contributed by atoms with E-state index in [1.54, 1.807) is 0 Å². The smallest absolute Gasteiger partial charge is 0.335 e. The summed E-state index contributed by atoms with van der Waals surface area (Å²) in [4.78, 5) is 10.8. The van der Waals surface area contributed by atoms with Crippen LogP contribution in [-0.4, -0.2) is 26.0 Å². The van der Waals surface area contributed by atoms with Gasteiger partial charge in [-0.1, -0.05) is 19.8 Å². The Kier molecular flexibility index (Phi) is 5.96. The molecule has 0 atom stereocenters. The Balaban J connectivity index is 2.87. The average Bonchev–Trinajstić information content (AvgIpc) is 2.34. The quantitative estimate of drug-likeness (QED) is 0.741. The molecule has 0 radical (unpaired) electrons. The highest BCUT2D eigenvalue weighted by Gasteiger charge is 2.18. The first kappa shape index (κ1) is 16.1. The molecule has 0 heterocycles. The van der Waals surface area contributed by atoms with Crippen LogP contribution in [0.25, 0.3) is 0 Å². The fourth-order valence-corrected chi connectivity index (χ4v) is 3.66. The van der Waals surface area contributed by atoms with E-state index in [1.165, 1.54) is 18.2 Å². The molecular weight excluding hydrogens is 334 g/mol. The summed E-state index contributed by atoms with van der Waals surface area (Å²) in [7, 11) is -3.60. The molecule has 0 aromatic heterocycles. The number of carboxylic acid groups (broad SMARTS) is 1. The van der Waals surface area contributed by atoms with Gasteiger partial charge in [-0.25, -0.2) is 17.9 Å². The summed E-state index contributed by atoms with van der Waals surface area (Å²) in [5.41, 5.74) is 0.0387. The van der Waals surface area contributed by atoms with E-state index in [2.05, 4.69) is 20.7 Å². The second kappa shape index (κ2) is 7.02. The van der Waals surface area contributed by atoms with Gasteiger partial charge in [0.05, 0.1) is 10.5 Å². The summed E-state index contributed by atoms with van der Waals surface area (Å²) in [6, 6.07) is 3.84. The molecule has 1 rings (SSSR count). The van der Waals surface area contributed by atoms with E-state index in [0.29, 0.717) is 6.54 Å². The first-order valence-electron chi connectivity index (χ1n) is 5.91. The number of carbonyl (C=O) groups is 1. The van der Waals surface area contributed by atoms with Gasteiger partial charge in [0.25, 0.3) is 0 Å². The fraction of sp³-hybridized carbons (Fsp3) is 0.417. The summed E-state index contributed by atoms with van der Waals surface area (Å²) in [6.45, 7) is 2.42. The van der Waals surface area contributed by atoms with Crippen LogP contribution in [0.4, 0.5) is 0 Å². The summed E-state index contributed by atoms with van der Waals surface area (Å²) in [5.74, 6) is -1.10. The number of hydrogen-bond acceptors (Lipinski definition) is 3. The molecule has 0 aliphatic rings. The normalized spacial score (nSPS) is 11.5. The standard InChI is InChI=1S/C12H16BrNO4S/c1-2-3-4-7-14-19(17,18)11-6-5-9(12(15)16)8-10(11)13/h5-6,8,14H,2-4,7H2,1H3,(H,15,16). The molecule has 0 bridgehead atoms. The van der Waals surface area contributed by atoms with E-state index in [1.807, 2.05) is 6.92 Å². The topological polar surface area (TPSA) is 83.5 Å². The highest BCUT2D eigenvalue weighted by atomic mass is 79.9. The van der Waals surface area contributed by atoms with Crippen LogP contribution in [0.1, 0.15) is 36.5 Å². The molecule has 0 aliphatic carbocycles. The van der Waals surface area contributed by atoms with Crippen LogP contribution >= 0.6 is 15.9 Å². The highest BCUT2D eigenvalue weighted by molar-refractivity contribution is 9.10. The van der Waals surface area contributed by atoms with Crippen LogP contribution < -0.4 is 4.72 Å². The summed E-state index contributed by atoms with van der Waals surface area (Å²) in [5, 5.41) is 8.82. The van der Waals surface area contributed by atoms with Gasteiger partial charge < -0.3 is 5.11 Å². The summed E-state index contributed by atoms with van der Waals surface area (Å²) >= 11 is 3.09. The highest BCUT2D eigenvalue weighted by Crippen LogP contribution is 2.23. The van der Waals surface area contributed by atoms with Gasteiger partial charge >= 0.3 is 5.97 Å². The van der Waals surface area contributed by atoms with Crippen molar-refractivity contribution < 1.29 is 18.3 Å². The Morgan fingerprint density at radius 3 is 2.58 bits per heavy atom. The zero-order chi connectivity index (χ0) is 14.5. The van der Waals surface area contributed by atoms with Gasteiger partial charge in [0.15, 0.2) is 0 Å².